The molecule has 2 saturated heterocycles. The van der Waals surface area contributed by atoms with Crippen LogP contribution < -0.4 is 5.32 Å². The van der Waals surface area contributed by atoms with E-state index in [4.69, 9.17) is 12.2 Å². The third-order valence-electron chi connectivity index (χ3n) is 3.87. The molecule has 1 N–H and O–H groups in total. The maximum Gasteiger partial charge on any atom is 0.168 e. The lowest BCUT2D eigenvalue weighted by Gasteiger charge is -2.40. The number of hydrogen-bond acceptors (Lipinski definition) is 2. The standard InChI is InChI=1S/C12H23N3S/c1-13-12(16)15-9-5-11(6-10-15)14-7-3-2-4-8-14/h11H,2-10H2,1H3,(H,13,16). The fraction of sp³-hybridized carbons (Fsp3) is 0.917. The van der Waals surface area contributed by atoms with Gasteiger partial charge in [-0.1, -0.05) is 6.42 Å². The van der Waals surface area contributed by atoms with Crippen LogP contribution in [0.1, 0.15) is 32.1 Å². The van der Waals surface area contributed by atoms with Crippen molar-refractivity contribution in [2.24, 2.45) is 0 Å². The molecule has 0 amide bonds. The highest BCUT2D eigenvalue weighted by Crippen LogP contribution is 2.20. The molecule has 3 nitrogen and oxygen atoms in total. The predicted octanol–water partition coefficient (Wildman–Crippen LogP) is 1.44. The van der Waals surface area contributed by atoms with Crippen molar-refractivity contribution in [2.45, 2.75) is 38.1 Å². The van der Waals surface area contributed by atoms with Crippen molar-refractivity contribution >= 4 is 17.3 Å². The molecule has 0 aromatic heterocycles. The summed E-state index contributed by atoms with van der Waals surface area (Å²) in [5, 5.41) is 3.99. The molecule has 4 heteroatoms. The zero-order valence-corrected chi connectivity index (χ0v) is 11.1. The average molecular weight is 241 g/mol. The SMILES string of the molecule is CNC(=S)N1CCC(N2CCCCC2)CC1. The van der Waals surface area contributed by atoms with Gasteiger partial charge in [0, 0.05) is 26.2 Å². The molecule has 2 fully saturated rings. The fourth-order valence-electron chi connectivity index (χ4n) is 2.88. The minimum atomic E-state index is 0.816. The summed E-state index contributed by atoms with van der Waals surface area (Å²) in [4.78, 5) is 5.00. The average Bonchev–Trinajstić information content (AvgIpc) is 2.39. The van der Waals surface area contributed by atoms with Gasteiger partial charge in [0.05, 0.1) is 0 Å². The first-order chi connectivity index (χ1) is 7.81. The highest BCUT2D eigenvalue weighted by atomic mass is 32.1. The molecule has 0 atom stereocenters. The van der Waals surface area contributed by atoms with Gasteiger partial charge in [-0.3, -0.25) is 0 Å². The second-order valence-corrected chi connectivity index (χ2v) is 5.26. The molecule has 0 aromatic rings. The van der Waals surface area contributed by atoms with Crippen LogP contribution in [-0.4, -0.2) is 54.2 Å². The molecule has 0 radical (unpaired) electrons. The third-order valence-corrected chi connectivity index (χ3v) is 4.33. The van der Waals surface area contributed by atoms with Gasteiger partial charge in [0.15, 0.2) is 5.11 Å². The van der Waals surface area contributed by atoms with E-state index >= 15 is 0 Å². The first-order valence-corrected chi connectivity index (χ1v) is 6.93. The van der Waals surface area contributed by atoms with Crippen LogP contribution in [0.15, 0.2) is 0 Å². The molecular weight excluding hydrogens is 218 g/mol. The molecule has 0 bridgehead atoms. The van der Waals surface area contributed by atoms with E-state index in [9.17, 15) is 0 Å². The van der Waals surface area contributed by atoms with Gasteiger partial charge in [-0.25, -0.2) is 0 Å². The minimum absolute atomic E-state index is 0.816. The second-order valence-electron chi connectivity index (χ2n) is 4.87. The zero-order chi connectivity index (χ0) is 11.4. The summed E-state index contributed by atoms with van der Waals surface area (Å²) in [6, 6.07) is 0.816. The fourth-order valence-corrected chi connectivity index (χ4v) is 3.06. The quantitative estimate of drug-likeness (QED) is 0.700. The number of thiocarbonyl (C=S) groups is 1. The maximum atomic E-state index is 5.27. The van der Waals surface area contributed by atoms with E-state index in [0.29, 0.717) is 0 Å². The Morgan fingerprint density at radius 3 is 2.25 bits per heavy atom. The summed E-state index contributed by atoms with van der Waals surface area (Å²) in [6.07, 6.45) is 6.78. The molecule has 2 aliphatic heterocycles. The van der Waals surface area contributed by atoms with Crippen LogP contribution in [0.3, 0.4) is 0 Å². The summed E-state index contributed by atoms with van der Waals surface area (Å²) in [7, 11) is 1.92. The van der Waals surface area contributed by atoms with E-state index in [0.717, 1.165) is 24.2 Å². The molecule has 2 rings (SSSR count). The molecule has 0 saturated carbocycles. The monoisotopic (exact) mass is 241 g/mol. The Morgan fingerprint density at radius 1 is 1.06 bits per heavy atom. The lowest BCUT2D eigenvalue weighted by Crippen LogP contribution is -2.49. The van der Waals surface area contributed by atoms with E-state index in [2.05, 4.69) is 15.1 Å². The van der Waals surface area contributed by atoms with Crippen molar-refractivity contribution in [1.29, 1.82) is 0 Å². The molecule has 0 unspecified atom stereocenters. The van der Waals surface area contributed by atoms with E-state index in [-0.39, 0.29) is 0 Å². The molecule has 16 heavy (non-hydrogen) atoms. The Bertz CT molecular complexity index is 230. The summed E-state index contributed by atoms with van der Waals surface area (Å²) < 4.78 is 0. The number of rotatable bonds is 1. The van der Waals surface area contributed by atoms with Gasteiger partial charge in [-0.05, 0) is 51.0 Å². The lowest BCUT2D eigenvalue weighted by molar-refractivity contribution is 0.115. The molecule has 0 aromatic carbocycles. The minimum Gasteiger partial charge on any atom is -0.366 e. The normalized spacial score (nSPS) is 24.4. The van der Waals surface area contributed by atoms with E-state index in [1.165, 1.54) is 45.2 Å². The number of likely N-dealkylation sites (tertiary alicyclic amines) is 2. The molecule has 0 aliphatic carbocycles. The van der Waals surface area contributed by atoms with Crippen LogP contribution in [0.4, 0.5) is 0 Å². The van der Waals surface area contributed by atoms with Crippen molar-refractivity contribution in [3.05, 3.63) is 0 Å². The van der Waals surface area contributed by atoms with Crippen LogP contribution in [0, 0.1) is 0 Å². The molecule has 92 valence electrons. The van der Waals surface area contributed by atoms with Crippen molar-refractivity contribution in [2.75, 3.05) is 33.2 Å². The summed E-state index contributed by atoms with van der Waals surface area (Å²) in [5.41, 5.74) is 0. The Balaban J connectivity index is 1.78. The maximum absolute atomic E-state index is 5.27. The van der Waals surface area contributed by atoms with Gasteiger partial charge in [0.1, 0.15) is 0 Å². The summed E-state index contributed by atoms with van der Waals surface area (Å²) in [6.45, 7) is 4.89. The largest absolute Gasteiger partial charge is 0.366 e. The van der Waals surface area contributed by atoms with Crippen LogP contribution in [0.5, 0.6) is 0 Å². The van der Waals surface area contributed by atoms with Gasteiger partial charge < -0.3 is 15.1 Å². The molecule has 0 spiro atoms. The molecular formula is C12H23N3S. The lowest BCUT2D eigenvalue weighted by atomic mass is 10.0. The van der Waals surface area contributed by atoms with E-state index in [1.807, 2.05) is 7.05 Å². The second kappa shape index (κ2) is 5.82. The van der Waals surface area contributed by atoms with Gasteiger partial charge in [0.2, 0.25) is 0 Å². The van der Waals surface area contributed by atoms with Crippen LogP contribution in [0.25, 0.3) is 0 Å². The van der Waals surface area contributed by atoms with Crippen molar-refractivity contribution in [1.82, 2.24) is 15.1 Å². The Hall–Kier alpha value is -0.350. The van der Waals surface area contributed by atoms with Gasteiger partial charge in [-0.15, -0.1) is 0 Å². The van der Waals surface area contributed by atoms with Gasteiger partial charge >= 0.3 is 0 Å². The molecule has 2 heterocycles. The smallest absolute Gasteiger partial charge is 0.168 e. The van der Waals surface area contributed by atoms with Crippen LogP contribution >= 0.6 is 12.2 Å². The van der Waals surface area contributed by atoms with Crippen molar-refractivity contribution < 1.29 is 0 Å². The van der Waals surface area contributed by atoms with Crippen LogP contribution in [-0.2, 0) is 0 Å². The van der Waals surface area contributed by atoms with Gasteiger partial charge in [-0.2, -0.15) is 0 Å². The number of nitrogens with zero attached hydrogens (tertiary/aromatic N) is 2. The van der Waals surface area contributed by atoms with Crippen molar-refractivity contribution in [3.8, 4) is 0 Å². The summed E-state index contributed by atoms with van der Waals surface area (Å²) >= 11 is 5.27. The zero-order valence-electron chi connectivity index (χ0n) is 10.2. The van der Waals surface area contributed by atoms with E-state index in [1.54, 1.807) is 0 Å². The Kier molecular flexibility index (Phi) is 4.41. The topological polar surface area (TPSA) is 18.5 Å². The third kappa shape index (κ3) is 2.86. The predicted molar refractivity (Wildman–Crippen MR) is 71.7 cm³/mol. The van der Waals surface area contributed by atoms with Crippen LogP contribution in [0.2, 0.25) is 0 Å². The van der Waals surface area contributed by atoms with Gasteiger partial charge in [0.25, 0.3) is 0 Å². The Labute approximate surface area is 104 Å². The number of nitrogens with one attached hydrogen (secondary N) is 1. The highest BCUT2D eigenvalue weighted by Gasteiger charge is 2.25. The summed E-state index contributed by atoms with van der Waals surface area (Å²) in [5.74, 6) is 0. The first kappa shape index (κ1) is 12.1. The van der Waals surface area contributed by atoms with E-state index < -0.39 is 0 Å². The highest BCUT2D eigenvalue weighted by molar-refractivity contribution is 7.80. The van der Waals surface area contributed by atoms with Crippen molar-refractivity contribution in [3.63, 3.8) is 0 Å². The number of piperidine rings is 2. The number of hydrogen-bond donors (Lipinski definition) is 1. The molecule has 2 aliphatic rings. The first-order valence-electron chi connectivity index (χ1n) is 6.52. The Morgan fingerprint density at radius 2 is 1.69 bits per heavy atom.